The number of pyridine rings is 2. The molecule has 2 aromatic heterocycles. The van der Waals surface area contributed by atoms with Crippen LogP contribution in [0.5, 0.6) is 0 Å². The van der Waals surface area contributed by atoms with Crippen molar-refractivity contribution in [2.24, 2.45) is 5.92 Å². The molecular formula is C26H29N5O3. The van der Waals surface area contributed by atoms with Gasteiger partial charge in [-0.05, 0) is 55.2 Å². The summed E-state index contributed by atoms with van der Waals surface area (Å²) in [5.74, 6) is 1.17. The molecule has 2 amide bonds. The largest absolute Gasteiger partial charge is 0.465 e. The molecule has 1 aliphatic heterocycles. The van der Waals surface area contributed by atoms with Crippen molar-refractivity contribution in [2.75, 3.05) is 34.8 Å². The lowest BCUT2D eigenvalue weighted by Crippen LogP contribution is -2.35. The van der Waals surface area contributed by atoms with E-state index in [-0.39, 0.29) is 12.5 Å². The normalized spacial score (nSPS) is 14.0. The Balaban J connectivity index is 1.44. The van der Waals surface area contributed by atoms with Crippen LogP contribution in [0.2, 0.25) is 0 Å². The number of rotatable bonds is 7. The summed E-state index contributed by atoms with van der Waals surface area (Å²) >= 11 is 0. The lowest BCUT2D eigenvalue weighted by atomic mass is 9.99. The van der Waals surface area contributed by atoms with Crippen molar-refractivity contribution in [1.29, 1.82) is 0 Å². The maximum absolute atomic E-state index is 13.1. The first kappa shape index (κ1) is 23.2. The molecule has 0 bridgehead atoms. The number of aromatic nitrogens is 2. The highest BCUT2D eigenvalue weighted by Gasteiger charge is 2.22. The molecule has 0 spiro atoms. The van der Waals surface area contributed by atoms with Crippen LogP contribution < -0.4 is 15.1 Å². The first-order valence-electron chi connectivity index (χ1n) is 11.5. The lowest BCUT2D eigenvalue weighted by Gasteiger charge is -2.32. The second kappa shape index (κ2) is 10.8. The molecule has 3 aromatic rings. The van der Waals surface area contributed by atoms with Crippen LogP contribution in [0.25, 0.3) is 0 Å². The average molecular weight is 460 g/mol. The van der Waals surface area contributed by atoms with Crippen LogP contribution in [0.1, 0.15) is 35.8 Å². The van der Waals surface area contributed by atoms with Gasteiger partial charge in [0.25, 0.3) is 5.91 Å². The Morgan fingerprint density at radius 1 is 1.06 bits per heavy atom. The van der Waals surface area contributed by atoms with Gasteiger partial charge in [-0.3, -0.25) is 14.7 Å². The van der Waals surface area contributed by atoms with Crippen LogP contribution >= 0.6 is 0 Å². The Morgan fingerprint density at radius 3 is 2.56 bits per heavy atom. The summed E-state index contributed by atoms with van der Waals surface area (Å²) in [5, 5.41) is 12.5. The Kier molecular flexibility index (Phi) is 7.37. The Bertz CT molecular complexity index is 1130. The molecule has 3 heterocycles. The fraction of sp³-hybridized carbons (Fsp3) is 0.308. The number of nitrogens with one attached hydrogen (secondary N) is 1. The smallest absolute Gasteiger partial charge is 0.411 e. The number of hydrogen-bond acceptors (Lipinski definition) is 5. The van der Waals surface area contributed by atoms with Gasteiger partial charge in [-0.1, -0.05) is 25.1 Å². The van der Waals surface area contributed by atoms with Crippen LogP contribution in [0.3, 0.4) is 0 Å². The molecule has 176 valence electrons. The van der Waals surface area contributed by atoms with E-state index in [1.807, 2.05) is 6.07 Å². The maximum Gasteiger partial charge on any atom is 0.411 e. The monoisotopic (exact) mass is 459 g/mol. The molecule has 0 atom stereocenters. The number of piperidine rings is 1. The minimum atomic E-state index is -1.02. The van der Waals surface area contributed by atoms with Gasteiger partial charge >= 0.3 is 6.09 Å². The number of anilines is 3. The van der Waals surface area contributed by atoms with Crippen molar-refractivity contribution in [3.05, 3.63) is 78.2 Å². The Morgan fingerprint density at radius 2 is 1.82 bits per heavy atom. The van der Waals surface area contributed by atoms with Gasteiger partial charge in [-0.25, -0.2) is 9.78 Å². The van der Waals surface area contributed by atoms with E-state index in [2.05, 4.69) is 27.1 Å². The van der Waals surface area contributed by atoms with E-state index in [1.165, 1.54) is 4.90 Å². The SMILES string of the molecule is CC1CCN(c2ncccc2C(=O)Nc2ccnc(CCN(C(=O)O)c3ccccc3)c2)CC1. The summed E-state index contributed by atoms with van der Waals surface area (Å²) in [6.07, 6.45) is 4.90. The number of carboxylic acid groups (broad SMARTS) is 1. The average Bonchev–Trinajstić information content (AvgIpc) is 2.85. The summed E-state index contributed by atoms with van der Waals surface area (Å²) < 4.78 is 0. The Hall–Kier alpha value is -3.94. The minimum absolute atomic E-state index is 0.227. The predicted octanol–water partition coefficient (Wildman–Crippen LogP) is 4.69. The van der Waals surface area contributed by atoms with E-state index < -0.39 is 6.09 Å². The van der Waals surface area contributed by atoms with E-state index >= 15 is 0 Å². The molecule has 8 heteroatoms. The van der Waals surface area contributed by atoms with Crippen molar-refractivity contribution < 1.29 is 14.7 Å². The first-order chi connectivity index (χ1) is 16.5. The Labute approximate surface area is 199 Å². The summed E-state index contributed by atoms with van der Waals surface area (Å²) in [6, 6.07) is 16.0. The molecule has 1 aliphatic rings. The second-order valence-corrected chi connectivity index (χ2v) is 8.55. The number of para-hydroxylation sites is 1. The van der Waals surface area contributed by atoms with Crippen molar-refractivity contribution in [3.63, 3.8) is 0 Å². The van der Waals surface area contributed by atoms with Crippen molar-refractivity contribution in [3.8, 4) is 0 Å². The van der Waals surface area contributed by atoms with Crippen LogP contribution in [0.15, 0.2) is 67.0 Å². The number of benzene rings is 1. The summed E-state index contributed by atoms with van der Waals surface area (Å²) in [4.78, 5) is 37.1. The molecular weight excluding hydrogens is 430 g/mol. The molecule has 34 heavy (non-hydrogen) atoms. The van der Waals surface area contributed by atoms with Gasteiger partial charge < -0.3 is 15.3 Å². The topological polar surface area (TPSA) is 98.7 Å². The highest BCUT2D eigenvalue weighted by molar-refractivity contribution is 6.07. The molecule has 1 aromatic carbocycles. The fourth-order valence-electron chi connectivity index (χ4n) is 4.11. The van der Waals surface area contributed by atoms with Gasteiger partial charge in [-0.2, -0.15) is 0 Å². The highest BCUT2D eigenvalue weighted by Crippen LogP contribution is 2.25. The molecule has 4 rings (SSSR count). The van der Waals surface area contributed by atoms with Crippen LogP contribution in [-0.2, 0) is 6.42 Å². The van der Waals surface area contributed by atoms with Crippen LogP contribution in [0, 0.1) is 5.92 Å². The maximum atomic E-state index is 13.1. The van der Waals surface area contributed by atoms with Gasteiger partial charge in [-0.15, -0.1) is 0 Å². The van der Waals surface area contributed by atoms with E-state index in [9.17, 15) is 14.7 Å². The summed E-state index contributed by atoms with van der Waals surface area (Å²) in [6.45, 7) is 4.28. The molecule has 0 unspecified atom stereocenters. The molecule has 2 N–H and O–H groups in total. The predicted molar refractivity (Wildman–Crippen MR) is 133 cm³/mol. The first-order valence-corrected chi connectivity index (χ1v) is 11.5. The minimum Gasteiger partial charge on any atom is -0.465 e. The third-order valence-corrected chi connectivity index (χ3v) is 6.08. The lowest BCUT2D eigenvalue weighted by molar-refractivity contribution is 0.102. The zero-order valence-corrected chi connectivity index (χ0v) is 19.2. The molecule has 0 aliphatic carbocycles. The zero-order chi connectivity index (χ0) is 23.9. The van der Waals surface area contributed by atoms with E-state index in [1.54, 1.807) is 60.9 Å². The van der Waals surface area contributed by atoms with E-state index in [4.69, 9.17) is 0 Å². The van der Waals surface area contributed by atoms with Gasteiger partial charge in [0.2, 0.25) is 0 Å². The van der Waals surface area contributed by atoms with Gasteiger partial charge in [0, 0.05) is 55.5 Å². The molecule has 0 radical (unpaired) electrons. The van der Waals surface area contributed by atoms with E-state index in [0.717, 1.165) is 25.9 Å². The third-order valence-electron chi connectivity index (χ3n) is 6.08. The van der Waals surface area contributed by atoms with Gasteiger partial charge in [0.15, 0.2) is 0 Å². The summed E-state index contributed by atoms with van der Waals surface area (Å²) in [5.41, 5.74) is 2.45. The van der Waals surface area contributed by atoms with Crippen LogP contribution in [-0.4, -0.2) is 46.7 Å². The van der Waals surface area contributed by atoms with Gasteiger partial charge in [0.1, 0.15) is 5.82 Å². The molecule has 8 nitrogen and oxygen atoms in total. The number of nitrogens with zero attached hydrogens (tertiary/aromatic N) is 4. The highest BCUT2D eigenvalue weighted by atomic mass is 16.4. The molecule has 1 fully saturated rings. The van der Waals surface area contributed by atoms with Crippen LogP contribution in [0.4, 0.5) is 22.0 Å². The standard InChI is InChI=1S/C26H29N5O3/c1-19-10-15-30(16-11-19)24-23(8-5-13-28-24)25(32)29-21-9-14-27-20(18-21)12-17-31(26(33)34)22-6-3-2-4-7-22/h2-9,13-14,18-19H,10-12,15-17H2,1H3,(H,33,34)(H,27,29,32). The number of carbonyl (C=O) groups excluding carboxylic acids is 1. The summed E-state index contributed by atoms with van der Waals surface area (Å²) in [7, 11) is 0. The quantitative estimate of drug-likeness (QED) is 0.532. The fourth-order valence-corrected chi connectivity index (χ4v) is 4.11. The van der Waals surface area contributed by atoms with Crippen molar-refractivity contribution in [1.82, 2.24) is 9.97 Å². The third kappa shape index (κ3) is 5.70. The number of amides is 2. The number of carbonyl (C=O) groups is 2. The number of hydrogen-bond donors (Lipinski definition) is 2. The zero-order valence-electron chi connectivity index (χ0n) is 19.2. The van der Waals surface area contributed by atoms with Crippen molar-refractivity contribution >= 4 is 29.2 Å². The van der Waals surface area contributed by atoms with E-state index in [0.29, 0.717) is 40.8 Å². The molecule has 1 saturated heterocycles. The molecule has 0 saturated carbocycles. The van der Waals surface area contributed by atoms with Gasteiger partial charge in [0.05, 0.1) is 5.56 Å². The van der Waals surface area contributed by atoms with Crippen molar-refractivity contribution in [2.45, 2.75) is 26.2 Å². The second-order valence-electron chi connectivity index (χ2n) is 8.55.